The van der Waals surface area contributed by atoms with Crippen molar-refractivity contribution >= 4 is 48.3 Å². The van der Waals surface area contributed by atoms with Crippen molar-refractivity contribution in [2.24, 2.45) is 0 Å². The van der Waals surface area contributed by atoms with E-state index in [2.05, 4.69) is 40.2 Å². The quantitative estimate of drug-likeness (QED) is 0.340. The lowest BCUT2D eigenvalue weighted by Gasteiger charge is -2.34. The molecule has 8 nitrogen and oxygen atoms in total. The number of para-hydroxylation sites is 1. The van der Waals surface area contributed by atoms with Crippen LogP contribution in [0.25, 0.3) is 10.2 Å². The van der Waals surface area contributed by atoms with Gasteiger partial charge in [0.15, 0.2) is 5.13 Å². The number of sulfonamides is 1. The van der Waals surface area contributed by atoms with Crippen molar-refractivity contribution in [2.75, 3.05) is 55.0 Å². The number of fused-ring (bicyclic) bond motifs is 2. The second-order valence-electron chi connectivity index (χ2n) is 10.2. The molecule has 0 atom stereocenters. The van der Waals surface area contributed by atoms with Crippen LogP contribution in [0.15, 0.2) is 71.6 Å². The van der Waals surface area contributed by atoms with Crippen LogP contribution in [0.4, 0.5) is 10.8 Å². The summed E-state index contributed by atoms with van der Waals surface area (Å²) < 4.78 is 29.1. The maximum absolute atomic E-state index is 13.2. The van der Waals surface area contributed by atoms with Crippen molar-refractivity contribution in [3.63, 3.8) is 0 Å². The monoisotopic (exact) mass is 575 g/mol. The highest BCUT2D eigenvalue weighted by atomic mass is 32.2. The maximum atomic E-state index is 13.2. The molecule has 1 saturated heterocycles. The number of carbonyl (C=O) groups excluding carboxylic acids is 1. The molecule has 1 fully saturated rings. The van der Waals surface area contributed by atoms with Gasteiger partial charge in [-0.15, -0.1) is 0 Å². The van der Waals surface area contributed by atoms with Crippen LogP contribution in [0.3, 0.4) is 0 Å². The van der Waals surface area contributed by atoms with Crippen LogP contribution in [0.5, 0.6) is 0 Å². The van der Waals surface area contributed by atoms with Gasteiger partial charge in [0, 0.05) is 51.4 Å². The van der Waals surface area contributed by atoms with E-state index in [0.717, 1.165) is 61.0 Å². The van der Waals surface area contributed by atoms with E-state index in [1.54, 1.807) is 23.5 Å². The number of thiazole rings is 1. The number of nitrogens with zero attached hydrogens (tertiary/aromatic N) is 4. The summed E-state index contributed by atoms with van der Waals surface area (Å²) in [6.45, 7) is 7.54. The molecule has 10 heteroatoms. The molecule has 2 aliphatic heterocycles. The zero-order valence-corrected chi connectivity index (χ0v) is 24.2. The normalized spacial score (nSPS) is 15.9. The lowest BCUT2D eigenvalue weighted by Crippen LogP contribution is -2.48. The minimum Gasteiger partial charge on any atom is -0.351 e. The summed E-state index contributed by atoms with van der Waals surface area (Å²) in [7, 11) is -3.67. The molecule has 3 aromatic carbocycles. The molecule has 1 amide bonds. The smallest absolute Gasteiger partial charge is 0.264 e. The van der Waals surface area contributed by atoms with Crippen molar-refractivity contribution in [1.82, 2.24) is 15.2 Å². The number of carbonyl (C=O) groups is 1. The van der Waals surface area contributed by atoms with E-state index in [1.807, 2.05) is 24.3 Å². The minimum absolute atomic E-state index is 0.192. The fourth-order valence-corrected chi connectivity index (χ4v) is 7.95. The number of aryl methyl sites for hydroxylation is 1. The molecule has 0 unspecified atom stereocenters. The Bertz CT molecular complexity index is 1630. The molecule has 40 heavy (non-hydrogen) atoms. The fourth-order valence-electron chi connectivity index (χ4n) is 5.37. The standard InChI is InChI=1S/C30H33N5O3S2/c1-2-22-7-12-26-28(21-22)39-30(32-26)34-19-17-33(18-20-34)16-14-31-29(36)24-8-10-25(11-9-24)40(37,38)35-15-13-23-5-3-4-6-27(23)35/h3-12,21H,2,13-20H2,1H3,(H,31,36). The van der Waals surface area contributed by atoms with Crippen LogP contribution in [0.1, 0.15) is 28.4 Å². The Morgan fingerprint density at radius 1 is 0.975 bits per heavy atom. The Kier molecular flexibility index (Phi) is 7.48. The number of aromatic nitrogens is 1. The van der Waals surface area contributed by atoms with Crippen molar-refractivity contribution in [3.05, 3.63) is 83.4 Å². The van der Waals surface area contributed by atoms with E-state index in [9.17, 15) is 13.2 Å². The zero-order chi connectivity index (χ0) is 27.7. The molecule has 0 saturated carbocycles. The average Bonchev–Trinajstić information content (AvgIpc) is 3.62. The van der Waals surface area contributed by atoms with Gasteiger partial charge in [-0.1, -0.05) is 42.5 Å². The van der Waals surface area contributed by atoms with Crippen molar-refractivity contribution in [1.29, 1.82) is 0 Å². The van der Waals surface area contributed by atoms with Crippen LogP contribution < -0.4 is 14.5 Å². The SMILES string of the molecule is CCc1ccc2nc(N3CCN(CCNC(=O)c4ccc(S(=O)(=O)N5CCc6ccccc65)cc4)CC3)sc2c1. The summed E-state index contributed by atoms with van der Waals surface area (Å²) in [5, 5.41) is 4.06. The van der Waals surface area contributed by atoms with E-state index < -0.39 is 10.0 Å². The van der Waals surface area contributed by atoms with E-state index in [-0.39, 0.29) is 10.8 Å². The molecule has 208 valence electrons. The number of benzene rings is 3. The third kappa shape index (κ3) is 5.31. The van der Waals surface area contributed by atoms with Gasteiger partial charge in [-0.05, 0) is 66.4 Å². The van der Waals surface area contributed by atoms with E-state index in [4.69, 9.17) is 4.98 Å². The summed E-state index contributed by atoms with van der Waals surface area (Å²) >= 11 is 1.76. The highest BCUT2D eigenvalue weighted by molar-refractivity contribution is 7.92. The molecule has 1 aromatic heterocycles. The second-order valence-corrected chi connectivity index (χ2v) is 13.1. The van der Waals surface area contributed by atoms with Gasteiger partial charge >= 0.3 is 0 Å². The van der Waals surface area contributed by atoms with Gasteiger partial charge in [-0.2, -0.15) is 0 Å². The van der Waals surface area contributed by atoms with E-state index in [1.165, 1.54) is 26.7 Å². The van der Waals surface area contributed by atoms with Gasteiger partial charge < -0.3 is 10.2 Å². The van der Waals surface area contributed by atoms with Gasteiger partial charge in [-0.3, -0.25) is 14.0 Å². The first-order chi connectivity index (χ1) is 19.4. The van der Waals surface area contributed by atoms with Crippen molar-refractivity contribution in [3.8, 4) is 0 Å². The van der Waals surface area contributed by atoms with Crippen molar-refractivity contribution < 1.29 is 13.2 Å². The first kappa shape index (κ1) is 26.7. The van der Waals surface area contributed by atoms with Gasteiger partial charge in [0.1, 0.15) is 0 Å². The van der Waals surface area contributed by atoms with Crippen LogP contribution >= 0.6 is 11.3 Å². The predicted molar refractivity (Wildman–Crippen MR) is 161 cm³/mol. The molecule has 4 aromatic rings. The molecule has 0 radical (unpaired) electrons. The Morgan fingerprint density at radius 2 is 1.75 bits per heavy atom. The third-order valence-corrected chi connectivity index (χ3v) is 10.7. The number of hydrogen-bond acceptors (Lipinski definition) is 7. The van der Waals surface area contributed by atoms with Crippen LogP contribution in [0.2, 0.25) is 0 Å². The molecule has 2 aliphatic rings. The molecular formula is C30H33N5O3S2. The van der Waals surface area contributed by atoms with E-state index >= 15 is 0 Å². The minimum atomic E-state index is -3.67. The topological polar surface area (TPSA) is 85.9 Å². The van der Waals surface area contributed by atoms with Gasteiger partial charge in [0.25, 0.3) is 15.9 Å². The largest absolute Gasteiger partial charge is 0.351 e. The molecule has 0 bridgehead atoms. The van der Waals surface area contributed by atoms with E-state index in [0.29, 0.717) is 25.1 Å². The summed E-state index contributed by atoms with van der Waals surface area (Å²) in [6.07, 6.45) is 1.73. The molecule has 3 heterocycles. The Morgan fingerprint density at radius 3 is 2.52 bits per heavy atom. The maximum Gasteiger partial charge on any atom is 0.264 e. The highest BCUT2D eigenvalue weighted by Gasteiger charge is 2.30. The number of rotatable bonds is 8. The number of nitrogens with one attached hydrogen (secondary N) is 1. The predicted octanol–water partition coefficient (Wildman–Crippen LogP) is 4.16. The summed E-state index contributed by atoms with van der Waals surface area (Å²) in [4.78, 5) is 22.5. The number of piperazine rings is 1. The lowest BCUT2D eigenvalue weighted by atomic mass is 10.2. The van der Waals surface area contributed by atoms with Crippen molar-refractivity contribution in [2.45, 2.75) is 24.7 Å². The summed E-state index contributed by atoms with van der Waals surface area (Å²) in [5.41, 5.74) is 4.62. The highest BCUT2D eigenvalue weighted by Crippen LogP contribution is 2.33. The average molecular weight is 576 g/mol. The molecule has 0 spiro atoms. The zero-order valence-electron chi connectivity index (χ0n) is 22.5. The molecule has 1 N–H and O–H groups in total. The van der Waals surface area contributed by atoms with Crippen LogP contribution in [-0.2, 0) is 22.9 Å². The Balaban J connectivity index is 0.987. The molecular weight excluding hydrogens is 542 g/mol. The van der Waals surface area contributed by atoms with Gasteiger partial charge in [-0.25, -0.2) is 13.4 Å². The molecule has 0 aliphatic carbocycles. The van der Waals surface area contributed by atoms with Crippen LogP contribution in [0, 0.1) is 0 Å². The first-order valence-corrected chi connectivity index (χ1v) is 16.0. The summed E-state index contributed by atoms with van der Waals surface area (Å²) in [5.74, 6) is -0.199. The number of amides is 1. The second kappa shape index (κ2) is 11.2. The van der Waals surface area contributed by atoms with Gasteiger partial charge in [0.2, 0.25) is 0 Å². The first-order valence-electron chi connectivity index (χ1n) is 13.8. The van der Waals surface area contributed by atoms with Gasteiger partial charge in [0.05, 0.1) is 20.8 Å². The Labute approximate surface area is 239 Å². The molecule has 6 rings (SSSR count). The summed E-state index contributed by atoms with van der Waals surface area (Å²) in [6, 6.07) is 20.3. The third-order valence-electron chi connectivity index (χ3n) is 7.76. The number of hydrogen-bond donors (Lipinski definition) is 1. The van der Waals surface area contributed by atoms with Crippen LogP contribution in [-0.4, -0.2) is 70.0 Å². The fraction of sp³-hybridized carbons (Fsp3) is 0.333. The lowest BCUT2D eigenvalue weighted by molar-refractivity contribution is 0.0947. The Hall–Kier alpha value is -3.47. The number of anilines is 2.